The van der Waals surface area contributed by atoms with Gasteiger partial charge in [0.15, 0.2) is 0 Å². The van der Waals surface area contributed by atoms with Crippen molar-refractivity contribution in [2.75, 3.05) is 13.2 Å². The lowest BCUT2D eigenvalue weighted by molar-refractivity contribution is -0.130. The van der Waals surface area contributed by atoms with E-state index in [4.69, 9.17) is 4.74 Å². The van der Waals surface area contributed by atoms with Gasteiger partial charge in [-0.25, -0.2) is 0 Å². The van der Waals surface area contributed by atoms with Gasteiger partial charge in [0, 0.05) is 6.61 Å². The third kappa shape index (κ3) is 3.34. The molecule has 0 spiro atoms. The van der Waals surface area contributed by atoms with E-state index in [0.717, 1.165) is 25.7 Å². The molecule has 0 aromatic rings. The van der Waals surface area contributed by atoms with Crippen LogP contribution in [0, 0.1) is 17.3 Å². The van der Waals surface area contributed by atoms with Gasteiger partial charge in [-0.05, 0) is 43.9 Å². The summed E-state index contributed by atoms with van der Waals surface area (Å²) in [5.41, 5.74) is -0.300. The first kappa shape index (κ1) is 15.8. The molecule has 4 heteroatoms. The minimum absolute atomic E-state index is 0.0141. The van der Waals surface area contributed by atoms with Crippen molar-refractivity contribution in [3.05, 3.63) is 0 Å². The van der Waals surface area contributed by atoms with E-state index in [2.05, 4.69) is 26.1 Å². The van der Waals surface area contributed by atoms with Crippen LogP contribution < -0.4 is 5.32 Å². The van der Waals surface area contributed by atoms with Gasteiger partial charge in [-0.3, -0.25) is 4.79 Å². The molecule has 0 bridgehead atoms. The van der Waals surface area contributed by atoms with Crippen LogP contribution in [0.4, 0.5) is 0 Å². The number of amides is 1. The van der Waals surface area contributed by atoms with Crippen LogP contribution in [0.5, 0.6) is 0 Å². The van der Waals surface area contributed by atoms with E-state index in [1.54, 1.807) is 0 Å². The summed E-state index contributed by atoms with van der Waals surface area (Å²) in [6.45, 7) is 9.29. The molecule has 0 radical (unpaired) electrons. The predicted molar refractivity (Wildman–Crippen MR) is 78.3 cm³/mol. The van der Waals surface area contributed by atoms with Crippen molar-refractivity contribution in [2.45, 2.75) is 65.0 Å². The third-order valence-electron chi connectivity index (χ3n) is 4.86. The number of aliphatic hydroxyl groups is 1. The van der Waals surface area contributed by atoms with Crippen LogP contribution in [-0.2, 0) is 9.53 Å². The molecule has 1 amide bonds. The van der Waals surface area contributed by atoms with Crippen LogP contribution in [0.25, 0.3) is 0 Å². The average molecular weight is 283 g/mol. The predicted octanol–water partition coefficient (Wildman–Crippen LogP) is 2.10. The first-order chi connectivity index (χ1) is 9.27. The maximum atomic E-state index is 12.5. The van der Waals surface area contributed by atoms with Crippen molar-refractivity contribution >= 4 is 5.91 Å². The van der Waals surface area contributed by atoms with Crippen molar-refractivity contribution < 1.29 is 14.6 Å². The highest BCUT2D eigenvalue weighted by molar-refractivity contribution is 5.80. The van der Waals surface area contributed by atoms with E-state index in [-0.39, 0.29) is 30.0 Å². The molecule has 2 N–H and O–H groups in total. The zero-order chi connectivity index (χ0) is 15.0. The van der Waals surface area contributed by atoms with Gasteiger partial charge < -0.3 is 15.2 Å². The fourth-order valence-corrected chi connectivity index (χ4v) is 4.43. The Labute approximate surface area is 122 Å². The minimum atomic E-state index is -0.458. The zero-order valence-corrected chi connectivity index (χ0v) is 13.2. The Kier molecular flexibility index (Phi) is 4.45. The number of nitrogens with one attached hydrogen (secondary N) is 1. The van der Waals surface area contributed by atoms with E-state index in [9.17, 15) is 9.90 Å². The van der Waals surface area contributed by atoms with Gasteiger partial charge in [-0.15, -0.1) is 0 Å². The second-order valence-corrected chi connectivity index (χ2v) is 7.75. The number of carbonyl (C=O) groups excluding carboxylic acids is 1. The Morgan fingerprint density at radius 3 is 2.55 bits per heavy atom. The smallest absolute Gasteiger partial charge is 0.226 e. The highest BCUT2D eigenvalue weighted by atomic mass is 16.5. The van der Waals surface area contributed by atoms with E-state index in [0.29, 0.717) is 12.5 Å². The molecule has 2 rings (SSSR count). The minimum Gasteiger partial charge on any atom is -0.394 e. The topological polar surface area (TPSA) is 58.6 Å². The Hall–Kier alpha value is -0.610. The summed E-state index contributed by atoms with van der Waals surface area (Å²) in [5.74, 6) is 0.496. The molecular formula is C16H29NO3. The summed E-state index contributed by atoms with van der Waals surface area (Å²) in [7, 11) is 0. The molecule has 4 unspecified atom stereocenters. The van der Waals surface area contributed by atoms with Gasteiger partial charge in [0.1, 0.15) is 0 Å². The van der Waals surface area contributed by atoms with Crippen LogP contribution in [0.1, 0.15) is 53.4 Å². The SMILES string of the molecule is CC1CC(C)(C)CC(CO)(NC(=O)C2CCOC2C)C1. The van der Waals surface area contributed by atoms with Gasteiger partial charge in [0.2, 0.25) is 5.91 Å². The van der Waals surface area contributed by atoms with Crippen LogP contribution in [0.3, 0.4) is 0 Å². The summed E-state index contributed by atoms with van der Waals surface area (Å²) in [6.07, 6.45) is 3.62. The fraction of sp³-hybridized carbons (Fsp3) is 0.938. The maximum absolute atomic E-state index is 12.5. The summed E-state index contributed by atoms with van der Waals surface area (Å²) in [4.78, 5) is 12.5. The quantitative estimate of drug-likeness (QED) is 0.834. The lowest BCUT2D eigenvalue weighted by Gasteiger charge is -2.47. The highest BCUT2D eigenvalue weighted by Gasteiger charge is 2.45. The van der Waals surface area contributed by atoms with Crippen molar-refractivity contribution in [1.29, 1.82) is 0 Å². The fourth-order valence-electron chi connectivity index (χ4n) is 4.43. The van der Waals surface area contributed by atoms with Gasteiger partial charge in [-0.2, -0.15) is 0 Å². The molecule has 4 nitrogen and oxygen atoms in total. The third-order valence-corrected chi connectivity index (χ3v) is 4.86. The Bertz CT molecular complexity index is 369. The highest BCUT2D eigenvalue weighted by Crippen LogP contribution is 2.44. The van der Waals surface area contributed by atoms with E-state index in [1.165, 1.54) is 0 Å². The van der Waals surface area contributed by atoms with Crippen LogP contribution >= 0.6 is 0 Å². The normalized spacial score (nSPS) is 40.5. The number of rotatable bonds is 3. The van der Waals surface area contributed by atoms with Crippen LogP contribution in [0.15, 0.2) is 0 Å². The van der Waals surface area contributed by atoms with Crippen molar-refractivity contribution in [3.8, 4) is 0 Å². The molecule has 1 aliphatic heterocycles. The lowest BCUT2D eigenvalue weighted by Crippen LogP contribution is -2.58. The van der Waals surface area contributed by atoms with E-state index < -0.39 is 5.54 Å². The molecule has 1 saturated heterocycles. The van der Waals surface area contributed by atoms with Gasteiger partial charge in [0.05, 0.1) is 24.2 Å². The van der Waals surface area contributed by atoms with Crippen LogP contribution in [-0.4, -0.2) is 35.9 Å². The molecule has 2 fully saturated rings. The molecule has 2 aliphatic rings. The summed E-state index contributed by atoms with van der Waals surface area (Å²) >= 11 is 0. The average Bonchev–Trinajstić information content (AvgIpc) is 2.72. The van der Waals surface area contributed by atoms with Gasteiger partial charge >= 0.3 is 0 Å². The Balaban J connectivity index is 2.09. The van der Waals surface area contributed by atoms with Crippen LogP contribution in [0.2, 0.25) is 0 Å². The van der Waals surface area contributed by atoms with Gasteiger partial charge in [0.25, 0.3) is 0 Å². The number of carbonyl (C=O) groups is 1. The van der Waals surface area contributed by atoms with Gasteiger partial charge in [-0.1, -0.05) is 20.8 Å². The molecule has 0 aromatic heterocycles. The summed E-state index contributed by atoms with van der Waals surface area (Å²) in [6, 6.07) is 0. The van der Waals surface area contributed by atoms with Crippen molar-refractivity contribution in [3.63, 3.8) is 0 Å². The molecule has 0 aromatic carbocycles. The second kappa shape index (κ2) is 5.64. The second-order valence-electron chi connectivity index (χ2n) is 7.75. The standard InChI is InChI=1S/C16H29NO3/c1-11-7-15(3,4)9-16(8-11,10-18)17-14(19)13-5-6-20-12(13)2/h11-13,18H,5-10H2,1-4H3,(H,17,19). The molecule has 1 aliphatic carbocycles. The number of hydrogen-bond acceptors (Lipinski definition) is 3. The Morgan fingerprint density at radius 1 is 1.35 bits per heavy atom. The number of ether oxygens (including phenoxy) is 1. The largest absolute Gasteiger partial charge is 0.394 e. The first-order valence-electron chi connectivity index (χ1n) is 7.81. The Morgan fingerprint density at radius 2 is 2.05 bits per heavy atom. The van der Waals surface area contributed by atoms with Crippen molar-refractivity contribution in [2.24, 2.45) is 17.3 Å². The summed E-state index contributed by atoms with van der Waals surface area (Å²) < 4.78 is 5.48. The van der Waals surface area contributed by atoms with E-state index >= 15 is 0 Å². The molecule has 4 atom stereocenters. The number of hydrogen-bond donors (Lipinski definition) is 2. The monoisotopic (exact) mass is 283 g/mol. The lowest BCUT2D eigenvalue weighted by atomic mass is 9.64. The molecule has 1 saturated carbocycles. The molecular weight excluding hydrogens is 254 g/mol. The molecule has 20 heavy (non-hydrogen) atoms. The maximum Gasteiger partial charge on any atom is 0.226 e. The molecule has 116 valence electrons. The van der Waals surface area contributed by atoms with Crippen molar-refractivity contribution in [1.82, 2.24) is 5.32 Å². The number of aliphatic hydroxyl groups excluding tert-OH is 1. The first-order valence-corrected chi connectivity index (χ1v) is 7.81. The zero-order valence-electron chi connectivity index (χ0n) is 13.2. The summed E-state index contributed by atoms with van der Waals surface area (Å²) in [5, 5.41) is 13.1. The molecule has 1 heterocycles. The van der Waals surface area contributed by atoms with E-state index in [1.807, 2.05) is 6.92 Å².